The summed E-state index contributed by atoms with van der Waals surface area (Å²) >= 11 is 0. The molecule has 1 heterocycles. The number of nitrogens with two attached hydrogens (primary N) is 1. The molecule has 0 amide bonds. The second kappa shape index (κ2) is 6.24. The molecule has 2 N–H and O–H groups in total. The van der Waals surface area contributed by atoms with Crippen molar-refractivity contribution in [2.75, 3.05) is 0 Å². The quantitative estimate of drug-likeness (QED) is 0.772. The first-order chi connectivity index (χ1) is 10.7. The highest BCUT2D eigenvalue weighted by Gasteiger charge is 2.10. The van der Waals surface area contributed by atoms with E-state index in [2.05, 4.69) is 54.8 Å². The van der Waals surface area contributed by atoms with Crippen LogP contribution in [0.15, 0.2) is 48.5 Å². The molecule has 22 heavy (non-hydrogen) atoms. The largest absolute Gasteiger partial charge is 0.487 e. The van der Waals surface area contributed by atoms with Gasteiger partial charge in [0.15, 0.2) is 0 Å². The minimum absolute atomic E-state index is 0.559. The van der Waals surface area contributed by atoms with Crippen molar-refractivity contribution in [2.24, 2.45) is 5.73 Å². The van der Waals surface area contributed by atoms with E-state index in [-0.39, 0.29) is 0 Å². The van der Waals surface area contributed by atoms with E-state index in [1.165, 1.54) is 27.7 Å². The fourth-order valence-electron chi connectivity index (χ4n) is 2.93. The lowest BCUT2D eigenvalue weighted by Gasteiger charge is -2.10. The van der Waals surface area contributed by atoms with Crippen LogP contribution in [0.1, 0.15) is 23.7 Å². The van der Waals surface area contributed by atoms with E-state index in [9.17, 15) is 0 Å². The van der Waals surface area contributed by atoms with Crippen LogP contribution in [-0.2, 0) is 19.7 Å². The van der Waals surface area contributed by atoms with Gasteiger partial charge in [0.2, 0.25) is 0 Å². The zero-order valence-electron chi connectivity index (χ0n) is 13.2. The second-order valence-corrected chi connectivity index (χ2v) is 5.54. The third-order valence-electron chi connectivity index (χ3n) is 4.03. The van der Waals surface area contributed by atoms with E-state index in [1.807, 2.05) is 12.1 Å². The van der Waals surface area contributed by atoms with Gasteiger partial charge >= 0.3 is 0 Å². The Labute approximate surface area is 131 Å². The number of benzene rings is 2. The third-order valence-corrected chi connectivity index (χ3v) is 4.03. The number of ether oxygens (including phenoxy) is 1. The summed E-state index contributed by atoms with van der Waals surface area (Å²) < 4.78 is 8.26. The summed E-state index contributed by atoms with van der Waals surface area (Å²) in [4.78, 5) is 0. The van der Waals surface area contributed by atoms with Gasteiger partial charge in [0.05, 0.1) is 5.69 Å². The molecule has 0 aliphatic carbocycles. The molecular weight excluding hydrogens is 272 g/mol. The number of rotatable bonds is 5. The van der Waals surface area contributed by atoms with Gasteiger partial charge in [0.1, 0.15) is 12.4 Å². The van der Waals surface area contributed by atoms with Crippen molar-refractivity contribution >= 4 is 10.9 Å². The van der Waals surface area contributed by atoms with Crippen molar-refractivity contribution in [1.82, 2.24) is 4.57 Å². The molecule has 0 bridgehead atoms. The fraction of sp³-hybridized carbons (Fsp3) is 0.263. The zero-order chi connectivity index (χ0) is 15.5. The van der Waals surface area contributed by atoms with Crippen molar-refractivity contribution in [3.05, 3.63) is 65.4 Å². The molecule has 3 rings (SSSR count). The molecule has 3 aromatic rings. The van der Waals surface area contributed by atoms with Crippen LogP contribution in [-0.4, -0.2) is 4.57 Å². The zero-order valence-corrected chi connectivity index (χ0v) is 13.2. The number of hydrogen-bond donors (Lipinski definition) is 1. The Bertz CT molecular complexity index is 789. The van der Waals surface area contributed by atoms with Gasteiger partial charge in [-0.05, 0) is 49.2 Å². The Balaban J connectivity index is 1.93. The summed E-state index contributed by atoms with van der Waals surface area (Å²) in [5.41, 5.74) is 10.7. The van der Waals surface area contributed by atoms with Crippen molar-refractivity contribution in [2.45, 2.75) is 33.5 Å². The van der Waals surface area contributed by atoms with Crippen molar-refractivity contribution in [3.8, 4) is 5.75 Å². The molecule has 3 nitrogen and oxygen atoms in total. The highest BCUT2D eigenvalue weighted by Crippen LogP contribution is 2.25. The first kappa shape index (κ1) is 14.7. The Morgan fingerprint density at radius 1 is 1.09 bits per heavy atom. The third kappa shape index (κ3) is 2.72. The Morgan fingerprint density at radius 2 is 1.91 bits per heavy atom. The van der Waals surface area contributed by atoms with Gasteiger partial charge in [0, 0.05) is 24.0 Å². The molecule has 114 valence electrons. The maximum absolute atomic E-state index is 5.97. The highest BCUT2D eigenvalue weighted by atomic mass is 16.5. The van der Waals surface area contributed by atoms with Crippen LogP contribution in [0, 0.1) is 6.92 Å². The minimum atomic E-state index is 0.559. The number of hydrogen-bond acceptors (Lipinski definition) is 2. The molecule has 0 aliphatic rings. The lowest BCUT2D eigenvalue weighted by Crippen LogP contribution is -2.04. The van der Waals surface area contributed by atoms with E-state index < -0.39 is 0 Å². The molecule has 1 aromatic heterocycles. The molecular formula is C19H22N2O. The Morgan fingerprint density at radius 3 is 2.64 bits per heavy atom. The predicted octanol–water partition coefficient (Wildman–Crippen LogP) is 4.01. The van der Waals surface area contributed by atoms with Gasteiger partial charge in [-0.15, -0.1) is 0 Å². The summed E-state index contributed by atoms with van der Waals surface area (Å²) in [6.45, 7) is 6.28. The molecule has 0 radical (unpaired) electrons. The van der Waals surface area contributed by atoms with Gasteiger partial charge in [0.25, 0.3) is 0 Å². The molecule has 0 unspecified atom stereocenters. The summed E-state index contributed by atoms with van der Waals surface area (Å²) in [5, 5.41) is 1.23. The topological polar surface area (TPSA) is 40.2 Å². The van der Waals surface area contributed by atoms with E-state index in [0.29, 0.717) is 13.2 Å². The fourth-order valence-corrected chi connectivity index (χ4v) is 2.93. The van der Waals surface area contributed by atoms with Crippen molar-refractivity contribution in [1.29, 1.82) is 0 Å². The average Bonchev–Trinajstić information content (AvgIpc) is 2.90. The van der Waals surface area contributed by atoms with E-state index in [4.69, 9.17) is 10.5 Å². The van der Waals surface area contributed by atoms with E-state index >= 15 is 0 Å². The monoisotopic (exact) mass is 294 g/mol. The summed E-state index contributed by atoms with van der Waals surface area (Å²) in [6, 6.07) is 16.7. The average molecular weight is 294 g/mol. The molecule has 0 saturated carbocycles. The number of aromatic nitrogens is 1. The summed E-state index contributed by atoms with van der Waals surface area (Å²) in [7, 11) is 0. The maximum Gasteiger partial charge on any atom is 0.128 e. The number of aryl methyl sites for hydroxylation is 2. The smallest absolute Gasteiger partial charge is 0.128 e. The first-order valence-corrected chi connectivity index (χ1v) is 7.72. The number of fused-ring (bicyclic) bond motifs is 1. The first-order valence-electron chi connectivity index (χ1n) is 7.72. The van der Waals surface area contributed by atoms with Gasteiger partial charge < -0.3 is 15.0 Å². The molecule has 0 atom stereocenters. The minimum Gasteiger partial charge on any atom is -0.487 e. The van der Waals surface area contributed by atoms with Crippen molar-refractivity contribution < 1.29 is 4.74 Å². The maximum atomic E-state index is 5.97. The van der Waals surface area contributed by atoms with Gasteiger partial charge in [-0.2, -0.15) is 0 Å². The van der Waals surface area contributed by atoms with E-state index in [1.54, 1.807) is 0 Å². The van der Waals surface area contributed by atoms with Crippen LogP contribution in [0.4, 0.5) is 0 Å². The second-order valence-electron chi connectivity index (χ2n) is 5.54. The molecule has 3 heteroatoms. The Kier molecular flexibility index (Phi) is 4.16. The molecule has 0 saturated heterocycles. The highest BCUT2D eigenvalue weighted by molar-refractivity contribution is 5.84. The predicted molar refractivity (Wildman–Crippen MR) is 91.0 cm³/mol. The van der Waals surface area contributed by atoms with Crippen LogP contribution in [0.3, 0.4) is 0 Å². The van der Waals surface area contributed by atoms with E-state index in [0.717, 1.165) is 12.3 Å². The van der Waals surface area contributed by atoms with Crippen molar-refractivity contribution in [3.63, 3.8) is 0 Å². The SMILES string of the molecule is CCn1c(COc2cccc(C)c2)cc2c(CN)cccc21. The molecule has 0 fully saturated rings. The van der Waals surface area contributed by atoms with Crippen LogP contribution in [0.2, 0.25) is 0 Å². The summed E-state index contributed by atoms with van der Waals surface area (Å²) in [5.74, 6) is 0.909. The lowest BCUT2D eigenvalue weighted by atomic mass is 10.1. The normalized spacial score (nSPS) is 11.0. The van der Waals surface area contributed by atoms with Crippen LogP contribution < -0.4 is 10.5 Å². The summed E-state index contributed by atoms with van der Waals surface area (Å²) in [6.07, 6.45) is 0. The van der Waals surface area contributed by atoms with Gasteiger partial charge in [-0.3, -0.25) is 0 Å². The number of nitrogens with zero attached hydrogens (tertiary/aromatic N) is 1. The van der Waals surface area contributed by atoms with Crippen LogP contribution in [0.25, 0.3) is 10.9 Å². The molecule has 0 aliphatic heterocycles. The lowest BCUT2D eigenvalue weighted by molar-refractivity contribution is 0.296. The van der Waals surface area contributed by atoms with Crippen LogP contribution >= 0.6 is 0 Å². The van der Waals surface area contributed by atoms with Crippen LogP contribution in [0.5, 0.6) is 5.75 Å². The van der Waals surface area contributed by atoms with Gasteiger partial charge in [-0.1, -0.05) is 24.3 Å². The molecule has 2 aromatic carbocycles. The Hall–Kier alpha value is -2.26. The van der Waals surface area contributed by atoms with Gasteiger partial charge in [-0.25, -0.2) is 0 Å². The molecule has 0 spiro atoms. The standard InChI is InChI=1S/C19H22N2O/c1-3-21-16(13-22-17-8-4-6-14(2)10-17)11-18-15(12-20)7-5-9-19(18)21/h4-11H,3,12-13,20H2,1-2H3.